The topological polar surface area (TPSA) is 114 Å². The van der Waals surface area contributed by atoms with Gasteiger partial charge in [0.2, 0.25) is 5.91 Å². The molecule has 4 N–H and O–H groups in total. The smallest absolute Gasteiger partial charge is 0.255 e. The molecule has 2 amide bonds. The minimum Gasteiger partial charge on any atom is -0.369 e. The van der Waals surface area contributed by atoms with Crippen LogP contribution in [0.2, 0.25) is 0 Å². The van der Waals surface area contributed by atoms with Crippen molar-refractivity contribution in [2.75, 3.05) is 10.6 Å². The van der Waals surface area contributed by atoms with E-state index in [1.165, 1.54) is 5.56 Å². The average molecular weight is 519 g/mol. The van der Waals surface area contributed by atoms with E-state index in [1.807, 2.05) is 89.6 Å². The maximum absolute atomic E-state index is 12.9. The number of primary amides is 1. The molecule has 2 heterocycles. The molecule has 3 aromatic carbocycles. The van der Waals surface area contributed by atoms with Crippen LogP contribution in [0.5, 0.6) is 0 Å². The number of benzene rings is 3. The third-order valence-corrected chi connectivity index (χ3v) is 6.40. The third-order valence-electron chi connectivity index (χ3n) is 6.40. The second kappa shape index (κ2) is 10.4. The fourth-order valence-corrected chi connectivity index (χ4v) is 4.28. The van der Waals surface area contributed by atoms with Crippen molar-refractivity contribution in [3.63, 3.8) is 0 Å². The molecule has 2 aromatic heterocycles. The summed E-state index contributed by atoms with van der Waals surface area (Å²) in [6, 6.07) is 22.7. The van der Waals surface area contributed by atoms with Crippen molar-refractivity contribution in [3.8, 4) is 11.3 Å². The second-order valence-electron chi connectivity index (χ2n) is 10.5. The largest absolute Gasteiger partial charge is 0.369 e. The molecule has 0 aliphatic heterocycles. The Morgan fingerprint density at radius 1 is 0.949 bits per heavy atom. The Morgan fingerprint density at radius 3 is 2.38 bits per heavy atom. The molecule has 0 unspecified atom stereocenters. The van der Waals surface area contributed by atoms with Crippen molar-refractivity contribution in [1.29, 1.82) is 0 Å². The lowest BCUT2D eigenvalue weighted by Crippen LogP contribution is -2.14. The molecule has 0 saturated heterocycles. The first-order valence-corrected chi connectivity index (χ1v) is 12.7. The molecule has 8 heteroatoms. The molecular formula is C31H30N6O2. The van der Waals surface area contributed by atoms with Gasteiger partial charge in [0, 0.05) is 41.1 Å². The van der Waals surface area contributed by atoms with Crippen molar-refractivity contribution in [3.05, 3.63) is 108 Å². The zero-order valence-corrected chi connectivity index (χ0v) is 22.1. The lowest BCUT2D eigenvalue weighted by Gasteiger charge is -2.19. The van der Waals surface area contributed by atoms with Gasteiger partial charge in [-0.1, -0.05) is 57.2 Å². The fourth-order valence-electron chi connectivity index (χ4n) is 4.28. The first-order valence-electron chi connectivity index (χ1n) is 12.7. The Bertz CT molecular complexity index is 1650. The van der Waals surface area contributed by atoms with E-state index in [9.17, 15) is 9.59 Å². The van der Waals surface area contributed by atoms with Gasteiger partial charge in [-0.15, -0.1) is 0 Å². The summed E-state index contributed by atoms with van der Waals surface area (Å²) in [5, 5.41) is 6.32. The highest BCUT2D eigenvalue weighted by molar-refractivity contribution is 6.04. The number of carbonyl (C=O) groups excluding carboxylic acids is 2. The summed E-state index contributed by atoms with van der Waals surface area (Å²) in [6.07, 6.45) is 5.65. The van der Waals surface area contributed by atoms with Crippen LogP contribution in [0.15, 0.2) is 91.4 Å². The number of imidazole rings is 1. The quantitative estimate of drug-likeness (QED) is 0.255. The molecule has 39 heavy (non-hydrogen) atoms. The minimum atomic E-state index is -0.374. The van der Waals surface area contributed by atoms with Crippen LogP contribution in [-0.2, 0) is 16.6 Å². The summed E-state index contributed by atoms with van der Waals surface area (Å²) in [4.78, 5) is 33.4. The highest BCUT2D eigenvalue weighted by atomic mass is 16.2. The second-order valence-corrected chi connectivity index (χ2v) is 10.5. The number of anilines is 3. The van der Waals surface area contributed by atoms with Gasteiger partial charge in [0.05, 0.1) is 12.1 Å². The number of amides is 2. The van der Waals surface area contributed by atoms with Crippen LogP contribution >= 0.6 is 0 Å². The summed E-state index contributed by atoms with van der Waals surface area (Å²) < 4.78 is 1.90. The number of nitrogens with zero attached hydrogens (tertiary/aromatic N) is 3. The molecule has 0 radical (unpaired) electrons. The van der Waals surface area contributed by atoms with E-state index in [-0.39, 0.29) is 23.7 Å². The Hall–Kier alpha value is -4.98. The van der Waals surface area contributed by atoms with Crippen LogP contribution in [-0.4, -0.2) is 26.2 Å². The Balaban J connectivity index is 1.39. The molecule has 0 saturated carbocycles. The van der Waals surface area contributed by atoms with Gasteiger partial charge in [0.15, 0.2) is 11.5 Å². The van der Waals surface area contributed by atoms with Gasteiger partial charge >= 0.3 is 0 Å². The van der Waals surface area contributed by atoms with Gasteiger partial charge in [-0.25, -0.2) is 9.97 Å². The van der Waals surface area contributed by atoms with Crippen molar-refractivity contribution in [2.45, 2.75) is 32.6 Å². The summed E-state index contributed by atoms with van der Waals surface area (Å²) in [7, 11) is 0. The van der Waals surface area contributed by atoms with E-state index in [0.717, 1.165) is 16.8 Å². The van der Waals surface area contributed by atoms with E-state index in [1.54, 1.807) is 6.20 Å². The molecule has 0 spiro atoms. The first-order chi connectivity index (χ1) is 18.7. The van der Waals surface area contributed by atoms with Crippen LogP contribution in [0.4, 0.5) is 17.2 Å². The number of hydrogen-bond donors (Lipinski definition) is 3. The molecule has 196 valence electrons. The van der Waals surface area contributed by atoms with E-state index in [0.29, 0.717) is 28.4 Å². The van der Waals surface area contributed by atoms with Crippen molar-refractivity contribution >= 4 is 34.7 Å². The zero-order valence-electron chi connectivity index (χ0n) is 22.1. The standard InChI is InChI=1S/C31H30N6O2/c1-31(2,3)23-11-9-21(10-12-23)30(39)35-25-6-4-5-22(18-25)26-19-37-16-15-33-29(37)28(36-26)34-24-13-7-20(8-14-24)17-27(32)38/h4-16,18-19H,17H2,1-3H3,(H2,32,38)(H,34,36)(H,35,39). The van der Waals surface area contributed by atoms with Gasteiger partial charge in [-0.2, -0.15) is 0 Å². The molecule has 0 aliphatic rings. The molecule has 5 aromatic rings. The van der Waals surface area contributed by atoms with Crippen LogP contribution < -0.4 is 16.4 Å². The third kappa shape index (κ3) is 5.96. The van der Waals surface area contributed by atoms with Gasteiger partial charge in [-0.05, 0) is 52.9 Å². The summed E-state index contributed by atoms with van der Waals surface area (Å²) in [5.41, 5.74) is 11.6. The molecule has 0 aliphatic carbocycles. The number of hydrogen-bond acceptors (Lipinski definition) is 5. The SMILES string of the molecule is CC(C)(C)c1ccc(C(=O)Nc2cccc(-c3cn4ccnc4c(Nc4ccc(CC(N)=O)cc4)n3)c2)cc1. The zero-order chi connectivity index (χ0) is 27.6. The lowest BCUT2D eigenvalue weighted by molar-refractivity contribution is -0.117. The minimum absolute atomic E-state index is 0.0226. The maximum Gasteiger partial charge on any atom is 0.255 e. The highest BCUT2D eigenvalue weighted by Crippen LogP contribution is 2.27. The normalized spacial score (nSPS) is 11.4. The lowest BCUT2D eigenvalue weighted by atomic mass is 9.87. The van der Waals surface area contributed by atoms with Gasteiger partial charge in [0.1, 0.15) is 0 Å². The predicted molar refractivity (Wildman–Crippen MR) is 154 cm³/mol. The van der Waals surface area contributed by atoms with Crippen LogP contribution in [0.25, 0.3) is 16.9 Å². The molecule has 0 atom stereocenters. The van der Waals surface area contributed by atoms with Gasteiger partial charge in [0.25, 0.3) is 5.91 Å². The van der Waals surface area contributed by atoms with E-state index in [2.05, 4.69) is 36.4 Å². The van der Waals surface area contributed by atoms with Crippen LogP contribution in [0.3, 0.4) is 0 Å². The monoisotopic (exact) mass is 518 g/mol. The number of carbonyl (C=O) groups is 2. The molecule has 8 nitrogen and oxygen atoms in total. The number of nitrogens with two attached hydrogens (primary N) is 1. The van der Waals surface area contributed by atoms with Crippen molar-refractivity contribution in [1.82, 2.24) is 14.4 Å². The van der Waals surface area contributed by atoms with Crippen molar-refractivity contribution in [2.24, 2.45) is 5.73 Å². The van der Waals surface area contributed by atoms with E-state index in [4.69, 9.17) is 10.7 Å². The van der Waals surface area contributed by atoms with E-state index < -0.39 is 0 Å². The van der Waals surface area contributed by atoms with Gasteiger partial charge < -0.3 is 20.8 Å². The van der Waals surface area contributed by atoms with Crippen molar-refractivity contribution < 1.29 is 9.59 Å². The number of rotatable bonds is 7. The first kappa shape index (κ1) is 25.7. The summed E-state index contributed by atoms with van der Waals surface area (Å²) >= 11 is 0. The Kier molecular flexibility index (Phi) is 6.85. The summed E-state index contributed by atoms with van der Waals surface area (Å²) in [6.45, 7) is 6.43. The number of nitrogens with one attached hydrogen (secondary N) is 2. The van der Waals surface area contributed by atoms with E-state index >= 15 is 0 Å². The Morgan fingerprint density at radius 2 is 1.69 bits per heavy atom. The summed E-state index contributed by atoms with van der Waals surface area (Å²) in [5.74, 6) is 0.0299. The molecule has 0 fully saturated rings. The number of fused-ring (bicyclic) bond motifs is 1. The maximum atomic E-state index is 12.9. The van der Waals surface area contributed by atoms with Gasteiger partial charge in [-0.3, -0.25) is 9.59 Å². The van der Waals surface area contributed by atoms with Crippen LogP contribution in [0.1, 0.15) is 42.3 Å². The number of aromatic nitrogens is 3. The predicted octanol–water partition coefficient (Wildman–Crippen LogP) is 5.72. The highest BCUT2D eigenvalue weighted by Gasteiger charge is 2.15. The fraction of sp³-hybridized carbons (Fsp3) is 0.161. The van der Waals surface area contributed by atoms with Crippen LogP contribution in [0, 0.1) is 0 Å². The molecular weight excluding hydrogens is 488 g/mol. The Labute approximate surface area is 226 Å². The molecule has 0 bridgehead atoms. The molecule has 5 rings (SSSR count). The average Bonchev–Trinajstić information content (AvgIpc) is 3.38.